The average molecular weight is 321 g/mol. The van der Waals surface area contributed by atoms with Crippen molar-refractivity contribution in [2.75, 3.05) is 13.1 Å². The second-order valence-corrected chi connectivity index (χ2v) is 6.87. The first-order valence-corrected chi connectivity index (χ1v) is 8.31. The van der Waals surface area contributed by atoms with Crippen molar-refractivity contribution >= 4 is 10.0 Å². The van der Waals surface area contributed by atoms with E-state index >= 15 is 0 Å². The summed E-state index contributed by atoms with van der Waals surface area (Å²) in [6.07, 6.45) is 0.791. The third kappa shape index (κ3) is 3.78. The van der Waals surface area contributed by atoms with Crippen LogP contribution in [0, 0.1) is 17.6 Å². The zero-order chi connectivity index (χ0) is 16.2. The molecule has 0 aliphatic heterocycles. The van der Waals surface area contributed by atoms with Crippen LogP contribution in [0.25, 0.3) is 0 Å². The first kappa shape index (κ1) is 18.0. The van der Waals surface area contributed by atoms with Crippen LogP contribution in [0.2, 0.25) is 0 Å². The molecule has 0 saturated carbocycles. The first-order chi connectivity index (χ1) is 9.79. The van der Waals surface area contributed by atoms with Gasteiger partial charge in [-0.05, 0) is 18.1 Å². The molecule has 1 aromatic carbocycles. The van der Waals surface area contributed by atoms with Crippen molar-refractivity contribution in [3.05, 3.63) is 29.3 Å². The van der Waals surface area contributed by atoms with Gasteiger partial charge in [-0.3, -0.25) is 0 Å². The molecule has 0 heterocycles. The highest BCUT2D eigenvalue weighted by molar-refractivity contribution is 7.89. The fourth-order valence-electron chi connectivity index (χ4n) is 1.93. The topological polar surface area (TPSA) is 57.6 Å². The molecular formula is C14H21F2NO3S. The van der Waals surface area contributed by atoms with Crippen LogP contribution in [0.1, 0.15) is 32.8 Å². The van der Waals surface area contributed by atoms with Gasteiger partial charge in [0.25, 0.3) is 0 Å². The quantitative estimate of drug-likeness (QED) is 0.839. The molecule has 120 valence electrons. The van der Waals surface area contributed by atoms with E-state index in [2.05, 4.69) is 0 Å². The molecular weight excluding hydrogens is 300 g/mol. The summed E-state index contributed by atoms with van der Waals surface area (Å²) < 4.78 is 53.7. The summed E-state index contributed by atoms with van der Waals surface area (Å²) in [5.74, 6) is -2.06. The normalized spacial score (nSPS) is 13.7. The predicted molar refractivity (Wildman–Crippen MR) is 76.2 cm³/mol. The van der Waals surface area contributed by atoms with Crippen LogP contribution in [0.4, 0.5) is 8.78 Å². The Morgan fingerprint density at radius 1 is 1.29 bits per heavy atom. The molecule has 1 N–H and O–H groups in total. The fraction of sp³-hybridized carbons (Fsp3) is 0.571. The van der Waals surface area contributed by atoms with Crippen molar-refractivity contribution < 1.29 is 22.3 Å². The van der Waals surface area contributed by atoms with Crippen LogP contribution in [0.5, 0.6) is 0 Å². The van der Waals surface area contributed by atoms with E-state index in [-0.39, 0.29) is 19.0 Å². The second-order valence-electron chi connectivity index (χ2n) is 4.97. The Bertz CT molecular complexity index is 590. The maximum Gasteiger partial charge on any atom is 0.245 e. The van der Waals surface area contributed by atoms with Gasteiger partial charge >= 0.3 is 0 Å². The number of hydrogen-bond donors (Lipinski definition) is 1. The van der Waals surface area contributed by atoms with Crippen molar-refractivity contribution in [3.8, 4) is 0 Å². The molecule has 1 unspecified atom stereocenters. The smallest absolute Gasteiger partial charge is 0.245 e. The molecule has 7 heteroatoms. The fourth-order valence-corrected chi connectivity index (χ4v) is 3.59. The standard InChI is InChI=1S/C14H21F2NO3S/c1-4-10(3)8-17(5-2)21(19,20)13-7-6-12(15)11(9-18)14(13)16/h6-7,10,18H,4-5,8-9H2,1-3H3. The molecule has 0 radical (unpaired) electrons. The van der Waals surface area contributed by atoms with Crippen molar-refractivity contribution in [1.82, 2.24) is 4.31 Å². The Balaban J connectivity index is 3.29. The van der Waals surface area contributed by atoms with Gasteiger partial charge in [-0.15, -0.1) is 0 Å². The number of nitrogens with zero attached hydrogens (tertiary/aromatic N) is 1. The Morgan fingerprint density at radius 3 is 2.38 bits per heavy atom. The minimum absolute atomic E-state index is 0.126. The van der Waals surface area contributed by atoms with E-state index in [1.165, 1.54) is 4.31 Å². The molecule has 0 amide bonds. The van der Waals surface area contributed by atoms with Crippen LogP contribution in [0.3, 0.4) is 0 Å². The predicted octanol–water partition coefficient (Wildman–Crippen LogP) is 2.51. The molecule has 1 rings (SSSR count). The number of benzene rings is 1. The van der Waals surface area contributed by atoms with Gasteiger partial charge in [0.1, 0.15) is 10.7 Å². The summed E-state index contributed by atoms with van der Waals surface area (Å²) in [6, 6.07) is 1.76. The van der Waals surface area contributed by atoms with E-state index in [4.69, 9.17) is 5.11 Å². The molecule has 0 bridgehead atoms. The average Bonchev–Trinajstić information content (AvgIpc) is 2.44. The Labute approximate surface area is 124 Å². The lowest BCUT2D eigenvalue weighted by molar-refractivity contribution is 0.267. The highest BCUT2D eigenvalue weighted by Gasteiger charge is 2.29. The molecule has 0 aromatic heterocycles. The largest absolute Gasteiger partial charge is 0.391 e. The molecule has 0 saturated heterocycles. The Hall–Kier alpha value is -1.05. The van der Waals surface area contributed by atoms with E-state index in [9.17, 15) is 17.2 Å². The molecule has 0 spiro atoms. The van der Waals surface area contributed by atoms with Gasteiger partial charge in [-0.2, -0.15) is 4.31 Å². The lowest BCUT2D eigenvalue weighted by atomic mass is 10.1. The maximum atomic E-state index is 14.1. The van der Waals surface area contributed by atoms with Crippen molar-refractivity contribution in [1.29, 1.82) is 0 Å². The van der Waals surface area contributed by atoms with Gasteiger partial charge in [0.2, 0.25) is 10.0 Å². The Morgan fingerprint density at radius 2 is 1.90 bits per heavy atom. The van der Waals surface area contributed by atoms with Crippen LogP contribution >= 0.6 is 0 Å². The summed E-state index contributed by atoms with van der Waals surface area (Å²) in [7, 11) is -4.06. The lowest BCUT2D eigenvalue weighted by Crippen LogP contribution is -2.35. The van der Waals surface area contributed by atoms with Gasteiger partial charge < -0.3 is 5.11 Å². The van der Waals surface area contributed by atoms with Gasteiger partial charge in [-0.1, -0.05) is 27.2 Å². The summed E-state index contributed by atoms with van der Waals surface area (Å²) in [5, 5.41) is 8.98. The van der Waals surface area contributed by atoms with Crippen LogP contribution in [-0.4, -0.2) is 30.9 Å². The molecule has 0 aliphatic rings. The van der Waals surface area contributed by atoms with E-state index in [1.807, 2.05) is 13.8 Å². The number of aliphatic hydroxyl groups excluding tert-OH is 1. The molecule has 21 heavy (non-hydrogen) atoms. The van der Waals surface area contributed by atoms with E-state index in [0.29, 0.717) is 0 Å². The summed E-state index contributed by atoms with van der Waals surface area (Å²) in [5.41, 5.74) is -0.629. The van der Waals surface area contributed by atoms with Gasteiger partial charge in [0.05, 0.1) is 12.2 Å². The number of aliphatic hydroxyl groups is 1. The van der Waals surface area contributed by atoms with Crippen molar-refractivity contribution in [2.45, 2.75) is 38.7 Å². The van der Waals surface area contributed by atoms with Gasteiger partial charge in [0.15, 0.2) is 5.82 Å². The first-order valence-electron chi connectivity index (χ1n) is 6.87. The highest BCUT2D eigenvalue weighted by Crippen LogP contribution is 2.25. The minimum Gasteiger partial charge on any atom is -0.391 e. The lowest BCUT2D eigenvalue weighted by Gasteiger charge is -2.24. The van der Waals surface area contributed by atoms with Gasteiger partial charge in [0, 0.05) is 13.1 Å². The summed E-state index contributed by atoms with van der Waals surface area (Å²) in [6.45, 7) is 5.07. The summed E-state index contributed by atoms with van der Waals surface area (Å²) >= 11 is 0. The second kappa shape index (κ2) is 7.29. The number of rotatable bonds is 7. The number of halogens is 2. The highest BCUT2D eigenvalue weighted by atomic mass is 32.2. The maximum absolute atomic E-state index is 14.1. The van der Waals surface area contributed by atoms with Crippen molar-refractivity contribution in [3.63, 3.8) is 0 Å². The van der Waals surface area contributed by atoms with Crippen LogP contribution in [-0.2, 0) is 16.6 Å². The third-order valence-corrected chi connectivity index (χ3v) is 5.45. The number of hydrogen-bond acceptors (Lipinski definition) is 3. The molecule has 4 nitrogen and oxygen atoms in total. The minimum atomic E-state index is -4.06. The zero-order valence-corrected chi connectivity index (χ0v) is 13.3. The van der Waals surface area contributed by atoms with E-state index in [1.54, 1.807) is 6.92 Å². The van der Waals surface area contributed by atoms with Crippen LogP contribution in [0.15, 0.2) is 17.0 Å². The SMILES string of the molecule is CCC(C)CN(CC)S(=O)(=O)c1ccc(F)c(CO)c1F. The Kier molecular flexibility index (Phi) is 6.24. The van der Waals surface area contributed by atoms with Crippen molar-refractivity contribution in [2.24, 2.45) is 5.92 Å². The van der Waals surface area contributed by atoms with Crippen LogP contribution < -0.4 is 0 Å². The number of sulfonamides is 1. The molecule has 1 atom stereocenters. The third-order valence-electron chi connectivity index (χ3n) is 3.49. The molecule has 1 aromatic rings. The molecule has 0 fully saturated rings. The summed E-state index contributed by atoms with van der Waals surface area (Å²) in [4.78, 5) is -0.599. The molecule has 0 aliphatic carbocycles. The van der Waals surface area contributed by atoms with Gasteiger partial charge in [-0.25, -0.2) is 17.2 Å². The van der Waals surface area contributed by atoms with E-state index < -0.39 is 38.7 Å². The monoisotopic (exact) mass is 321 g/mol. The zero-order valence-electron chi connectivity index (χ0n) is 12.4. The van der Waals surface area contributed by atoms with E-state index in [0.717, 1.165) is 18.6 Å².